The minimum atomic E-state index is 0.0417. The van der Waals surface area contributed by atoms with Gasteiger partial charge in [0.15, 0.2) is 0 Å². The van der Waals surface area contributed by atoms with Crippen LogP contribution < -0.4 is 0 Å². The van der Waals surface area contributed by atoms with Gasteiger partial charge in [0, 0.05) is 15.8 Å². The summed E-state index contributed by atoms with van der Waals surface area (Å²) in [4.78, 5) is 2.91. The number of hydrogen-bond acceptors (Lipinski definition) is 1. The summed E-state index contributed by atoms with van der Waals surface area (Å²) >= 11 is 3.28. The summed E-state index contributed by atoms with van der Waals surface area (Å²) in [6.07, 6.45) is 0. The summed E-state index contributed by atoms with van der Waals surface area (Å²) < 4.78 is 0. The summed E-state index contributed by atoms with van der Waals surface area (Å²) in [6.45, 7) is 3.80. The van der Waals surface area contributed by atoms with E-state index in [0.717, 1.165) is 0 Å². The third-order valence-corrected chi connectivity index (χ3v) is 1.66. The molecule has 0 fully saturated rings. The van der Waals surface area contributed by atoms with Crippen LogP contribution in [0, 0.1) is 0 Å². The van der Waals surface area contributed by atoms with Gasteiger partial charge in [-0.05, 0) is 5.53 Å². The van der Waals surface area contributed by atoms with Crippen molar-refractivity contribution >= 4 is 15.9 Å². The van der Waals surface area contributed by atoms with E-state index in [1.165, 1.54) is 0 Å². The highest BCUT2D eigenvalue weighted by molar-refractivity contribution is 9.09. The molecule has 0 spiro atoms. The molecule has 0 saturated heterocycles. The Balaban J connectivity index is 3.63. The second-order valence-corrected chi connectivity index (χ2v) is 3.07. The van der Waals surface area contributed by atoms with Crippen molar-refractivity contribution in [3.63, 3.8) is 0 Å². The van der Waals surface area contributed by atoms with Gasteiger partial charge in [-0.2, -0.15) is 0 Å². The lowest BCUT2D eigenvalue weighted by Gasteiger charge is -2.03. The Bertz CT molecular complexity index is 106. The number of halogens is 1. The summed E-state index contributed by atoms with van der Waals surface area (Å²) in [5.41, 5.74) is 7.92. The summed E-state index contributed by atoms with van der Waals surface area (Å²) in [5, 5.41) is 3.46. The van der Waals surface area contributed by atoms with E-state index >= 15 is 0 Å². The van der Waals surface area contributed by atoms with Crippen LogP contribution in [0.5, 0.6) is 0 Å². The lowest BCUT2D eigenvalue weighted by Crippen LogP contribution is -2.08. The molecular weight excluding hydrogens is 170 g/mol. The first-order valence-corrected chi connectivity index (χ1v) is 3.28. The molecule has 0 saturated carbocycles. The van der Waals surface area contributed by atoms with Gasteiger partial charge < -0.3 is 0 Å². The minimum absolute atomic E-state index is 0.0417. The average molecular weight is 178 g/mol. The number of alkyl halides is 1. The highest BCUT2D eigenvalue weighted by Crippen LogP contribution is 2.06. The molecule has 0 unspecified atom stereocenters. The number of rotatable bonds is 2. The fourth-order valence-electron chi connectivity index (χ4n) is 0.173. The van der Waals surface area contributed by atoms with Crippen molar-refractivity contribution in [3.8, 4) is 0 Å². The molecule has 8 heavy (non-hydrogen) atoms. The monoisotopic (exact) mass is 177 g/mol. The Labute approximate surface area is 56.8 Å². The van der Waals surface area contributed by atoms with E-state index in [2.05, 4.69) is 26.0 Å². The van der Waals surface area contributed by atoms with Crippen LogP contribution in [0.3, 0.4) is 0 Å². The van der Waals surface area contributed by atoms with Gasteiger partial charge in [0.05, 0.1) is 0 Å². The highest BCUT2D eigenvalue weighted by atomic mass is 79.9. The topological polar surface area (TPSA) is 48.8 Å². The van der Waals surface area contributed by atoms with E-state index in [-0.39, 0.29) is 10.9 Å². The van der Waals surface area contributed by atoms with Crippen LogP contribution >= 0.6 is 15.9 Å². The standard InChI is InChI=1S/C4H8BrN3/c1-3(5)4(2)7-8-6/h3-4H,1-2H3/t3-,4-/m0/s1. The van der Waals surface area contributed by atoms with Crippen LogP contribution in [0.15, 0.2) is 5.11 Å². The molecule has 46 valence electrons. The second-order valence-electron chi connectivity index (χ2n) is 1.62. The van der Waals surface area contributed by atoms with Crippen LogP contribution in [0.25, 0.3) is 10.4 Å². The molecule has 3 nitrogen and oxygen atoms in total. The van der Waals surface area contributed by atoms with Crippen molar-refractivity contribution < 1.29 is 0 Å². The van der Waals surface area contributed by atoms with Gasteiger partial charge in [-0.25, -0.2) is 0 Å². The normalized spacial score (nSPS) is 16.4. The maximum absolute atomic E-state index is 7.92. The Hall–Kier alpha value is -0.210. The number of azide groups is 1. The SMILES string of the molecule is C[C@H](Br)[C@H](C)N=[N+]=[N-]. The Morgan fingerprint density at radius 2 is 2.12 bits per heavy atom. The van der Waals surface area contributed by atoms with Gasteiger partial charge in [-0.3, -0.25) is 0 Å². The molecule has 0 rings (SSSR count). The van der Waals surface area contributed by atoms with Crippen molar-refractivity contribution in [3.05, 3.63) is 10.4 Å². The maximum atomic E-state index is 7.92. The largest absolute Gasteiger partial charge is 0.0898 e. The summed E-state index contributed by atoms with van der Waals surface area (Å²) in [6, 6.07) is 0.0417. The fraction of sp³-hybridized carbons (Fsp3) is 1.00. The van der Waals surface area contributed by atoms with Gasteiger partial charge >= 0.3 is 0 Å². The van der Waals surface area contributed by atoms with Gasteiger partial charge in [0.25, 0.3) is 0 Å². The second kappa shape index (κ2) is 3.75. The zero-order valence-electron chi connectivity index (χ0n) is 4.87. The molecule has 4 heteroatoms. The van der Waals surface area contributed by atoms with Crippen molar-refractivity contribution in [2.75, 3.05) is 0 Å². The van der Waals surface area contributed by atoms with Gasteiger partial charge in [0.1, 0.15) is 0 Å². The van der Waals surface area contributed by atoms with Crippen LogP contribution in [-0.4, -0.2) is 10.9 Å². The minimum Gasteiger partial charge on any atom is -0.0898 e. The van der Waals surface area contributed by atoms with Crippen molar-refractivity contribution in [1.82, 2.24) is 0 Å². The van der Waals surface area contributed by atoms with E-state index in [9.17, 15) is 0 Å². The van der Waals surface area contributed by atoms with Crippen LogP contribution in [0.2, 0.25) is 0 Å². The molecule has 0 aromatic carbocycles. The average Bonchev–Trinajstić information content (AvgIpc) is 1.67. The number of hydrogen-bond donors (Lipinski definition) is 0. The molecule has 0 radical (unpaired) electrons. The first-order chi connectivity index (χ1) is 3.68. The Morgan fingerprint density at radius 1 is 1.62 bits per heavy atom. The number of nitrogens with zero attached hydrogens (tertiary/aromatic N) is 3. The molecule has 0 aromatic rings. The summed E-state index contributed by atoms with van der Waals surface area (Å²) in [7, 11) is 0. The molecule has 0 aromatic heterocycles. The van der Waals surface area contributed by atoms with E-state index in [0.29, 0.717) is 0 Å². The van der Waals surface area contributed by atoms with Crippen molar-refractivity contribution in [2.24, 2.45) is 5.11 Å². The molecule has 0 bridgehead atoms. The molecule has 0 aliphatic rings. The molecule has 0 amide bonds. The predicted molar refractivity (Wildman–Crippen MR) is 37.0 cm³/mol. The zero-order chi connectivity index (χ0) is 6.57. The van der Waals surface area contributed by atoms with E-state index in [1.807, 2.05) is 13.8 Å². The maximum Gasteiger partial charge on any atom is 0.0468 e. The molecule has 0 N–H and O–H groups in total. The van der Waals surface area contributed by atoms with Gasteiger partial charge in [-0.1, -0.05) is 34.9 Å². The quantitative estimate of drug-likeness (QED) is 0.270. The van der Waals surface area contributed by atoms with Gasteiger partial charge in [-0.15, -0.1) is 0 Å². The Morgan fingerprint density at radius 3 is 2.25 bits per heavy atom. The van der Waals surface area contributed by atoms with Gasteiger partial charge in [0.2, 0.25) is 0 Å². The van der Waals surface area contributed by atoms with Crippen LogP contribution in [0.1, 0.15) is 13.8 Å². The van der Waals surface area contributed by atoms with E-state index in [4.69, 9.17) is 5.53 Å². The van der Waals surface area contributed by atoms with Crippen LogP contribution in [0.4, 0.5) is 0 Å². The first-order valence-electron chi connectivity index (χ1n) is 2.36. The smallest absolute Gasteiger partial charge is 0.0468 e. The molecule has 0 heterocycles. The lowest BCUT2D eigenvalue weighted by atomic mass is 10.3. The lowest BCUT2D eigenvalue weighted by molar-refractivity contribution is 0.734. The highest BCUT2D eigenvalue weighted by Gasteiger charge is 2.03. The van der Waals surface area contributed by atoms with Crippen LogP contribution in [-0.2, 0) is 0 Å². The summed E-state index contributed by atoms with van der Waals surface area (Å²) in [5.74, 6) is 0. The molecule has 2 atom stereocenters. The van der Waals surface area contributed by atoms with E-state index < -0.39 is 0 Å². The van der Waals surface area contributed by atoms with E-state index in [1.54, 1.807) is 0 Å². The first kappa shape index (κ1) is 7.79. The fourth-order valence-corrected chi connectivity index (χ4v) is 0.279. The van der Waals surface area contributed by atoms with Crippen molar-refractivity contribution in [2.45, 2.75) is 24.7 Å². The molecular formula is C4H8BrN3. The van der Waals surface area contributed by atoms with Crippen molar-refractivity contribution in [1.29, 1.82) is 0 Å². The third-order valence-electron chi connectivity index (χ3n) is 0.899. The predicted octanol–water partition coefficient (Wildman–Crippen LogP) is 2.47. The Kier molecular flexibility index (Phi) is 3.65. The molecule has 0 aliphatic carbocycles. The molecule has 0 aliphatic heterocycles. The zero-order valence-corrected chi connectivity index (χ0v) is 6.46. The third kappa shape index (κ3) is 2.88.